The molecule has 5 heteroatoms. The predicted molar refractivity (Wildman–Crippen MR) is 80.0 cm³/mol. The number of benzene rings is 2. The summed E-state index contributed by atoms with van der Waals surface area (Å²) < 4.78 is 24.4. The van der Waals surface area contributed by atoms with Crippen molar-refractivity contribution < 1.29 is 18.0 Å². The monoisotopic (exact) mass is 302 g/mol. The third-order valence-corrected chi connectivity index (χ3v) is 4.49. The fourth-order valence-corrected chi connectivity index (χ4v) is 3.55. The quantitative estimate of drug-likeness (QED) is 0.769. The zero-order valence-electron chi connectivity index (χ0n) is 11.2. The molecule has 0 heterocycles. The van der Waals surface area contributed by atoms with Crippen molar-refractivity contribution in [1.82, 2.24) is 0 Å². The lowest BCUT2D eigenvalue weighted by Crippen LogP contribution is -2.08. The molecule has 0 saturated heterocycles. The molecule has 0 bridgehead atoms. The van der Waals surface area contributed by atoms with Gasteiger partial charge in [-0.1, -0.05) is 36.4 Å². The maximum atomic E-state index is 12.2. The molecule has 0 saturated carbocycles. The lowest BCUT2D eigenvalue weighted by Gasteiger charge is -2.06. The summed E-state index contributed by atoms with van der Waals surface area (Å²) in [4.78, 5) is 21.4. The van der Waals surface area contributed by atoms with E-state index in [9.17, 15) is 18.0 Å². The normalized spacial score (nSPS) is 11.0. The first-order chi connectivity index (χ1) is 10.0. The van der Waals surface area contributed by atoms with E-state index in [0.717, 1.165) is 0 Å². The molecule has 0 fully saturated rings. The van der Waals surface area contributed by atoms with Crippen molar-refractivity contribution in [2.75, 3.05) is 0 Å². The maximum Gasteiger partial charge on any atom is 0.158 e. The molecule has 0 spiro atoms. The van der Waals surface area contributed by atoms with Gasteiger partial charge in [0, 0.05) is 11.1 Å². The summed E-state index contributed by atoms with van der Waals surface area (Å²) in [7, 11) is -3.37. The molecular weight excluding hydrogens is 288 g/mol. The summed E-state index contributed by atoms with van der Waals surface area (Å²) in [5, 5.41) is 0. The first-order valence-corrected chi connectivity index (χ1v) is 8.13. The van der Waals surface area contributed by atoms with Crippen molar-refractivity contribution >= 4 is 22.4 Å². The Kier molecular flexibility index (Phi) is 4.65. The van der Waals surface area contributed by atoms with Crippen LogP contribution in [0.2, 0.25) is 0 Å². The summed E-state index contributed by atoms with van der Waals surface area (Å²) in [5.41, 5.74) is 2.05. The van der Waals surface area contributed by atoms with Crippen LogP contribution in [0.4, 0.5) is 0 Å². The van der Waals surface area contributed by atoms with Crippen LogP contribution in [0.5, 0.6) is 0 Å². The molecule has 0 unspecified atom stereocenters. The Hall–Kier alpha value is -2.27. The Balaban J connectivity index is 2.17. The van der Waals surface area contributed by atoms with E-state index in [1.165, 1.54) is 0 Å². The van der Waals surface area contributed by atoms with Crippen molar-refractivity contribution in [2.24, 2.45) is 0 Å². The van der Waals surface area contributed by atoms with Crippen LogP contribution in [0.15, 0.2) is 48.5 Å². The molecule has 0 aliphatic heterocycles. The number of carbonyl (C=O) groups excluding carboxylic acids is 2. The summed E-state index contributed by atoms with van der Waals surface area (Å²) in [5.74, 6) is -0.278. The standard InChI is InChI=1S/C16H14O4S/c17-9-13-3-1-5-15(7-13)11-21(19,20)12-16-6-2-4-14(8-16)10-18/h1-10H,11-12H2. The number of aldehydes is 2. The molecule has 108 valence electrons. The van der Waals surface area contributed by atoms with E-state index in [4.69, 9.17) is 0 Å². The number of carbonyl (C=O) groups is 2. The fraction of sp³-hybridized carbons (Fsp3) is 0.125. The molecule has 2 rings (SSSR count). The topological polar surface area (TPSA) is 68.3 Å². The predicted octanol–water partition coefficient (Wildman–Crippen LogP) is 2.43. The van der Waals surface area contributed by atoms with Gasteiger partial charge in [0.1, 0.15) is 12.6 Å². The minimum Gasteiger partial charge on any atom is -0.298 e. The van der Waals surface area contributed by atoms with E-state index in [-0.39, 0.29) is 11.5 Å². The second kappa shape index (κ2) is 6.45. The van der Waals surface area contributed by atoms with Crippen molar-refractivity contribution in [3.05, 3.63) is 70.8 Å². The Bertz CT molecular complexity index is 704. The van der Waals surface area contributed by atoms with Gasteiger partial charge in [0.05, 0.1) is 11.5 Å². The maximum absolute atomic E-state index is 12.2. The van der Waals surface area contributed by atoms with Crippen LogP contribution in [0.3, 0.4) is 0 Å². The average Bonchev–Trinajstić information content (AvgIpc) is 2.46. The minimum atomic E-state index is -3.37. The van der Waals surface area contributed by atoms with Gasteiger partial charge in [-0.2, -0.15) is 0 Å². The third-order valence-electron chi connectivity index (χ3n) is 2.95. The van der Waals surface area contributed by atoms with Gasteiger partial charge in [0.25, 0.3) is 0 Å². The number of hydrogen-bond acceptors (Lipinski definition) is 4. The van der Waals surface area contributed by atoms with E-state index in [2.05, 4.69) is 0 Å². The van der Waals surface area contributed by atoms with Crippen LogP contribution in [-0.4, -0.2) is 21.0 Å². The van der Waals surface area contributed by atoms with Gasteiger partial charge < -0.3 is 0 Å². The molecule has 0 aliphatic carbocycles. The van der Waals surface area contributed by atoms with Crippen LogP contribution < -0.4 is 0 Å². The lowest BCUT2D eigenvalue weighted by atomic mass is 10.2. The highest BCUT2D eigenvalue weighted by Crippen LogP contribution is 2.14. The molecule has 0 aromatic heterocycles. The smallest absolute Gasteiger partial charge is 0.158 e. The molecule has 2 aromatic carbocycles. The van der Waals surface area contributed by atoms with E-state index in [0.29, 0.717) is 34.8 Å². The summed E-state index contributed by atoms with van der Waals surface area (Å²) in [6.45, 7) is 0. The number of hydrogen-bond donors (Lipinski definition) is 0. The van der Waals surface area contributed by atoms with E-state index in [1.807, 2.05) is 0 Å². The molecule has 0 aliphatic rings. The van der Waals surface area contributed by atoms with E-state index < -0.39 is 9.84 Å². The summed E-state index contributed by atoms with van der Waals surface area (Å²) in [6, 6.07) is 13.0. The molecule has 2 aromatic rings. The van der Waals surface area contributed by atoms with Gasteiger partial charge in [-0.05, 0) is 23.3 Å². The molecule has 21 heavy (non-hydrogen) atoms. The van der Waals surface area contributed by atoms with Crippen molar-refractivity contribution in [1.29, 1.82) is 0 Å². The first-order valence-electron chi connectivity index (χ1n) is 6.31. The molecule has 4 nitrogen and oxygen atoms in total. The number of rotatable bonds is 6. The summed E-state index contributed by atoms with van der Waals surface area (Å²) >= 11 is 0. The Morgan fingerprint density at radius 3 is 1.57 bits per heavy atom. The molecule has 0 N–H and O–H groups in total. The van der Waals surface area contributed by atoms with Gasteiger partial charge in [0.2, 0.25) is 0 Å². The van der Waals surface area contributed by atoms with Gasteiger partial charge in [0.15, 0.2) is 9.84 Å². The largest absolute Gasteiger partial charge is 0.298 e. The van der Waals surface area contributed by atoms with E-state index in [1.54, 1.807) is 48.5 Å². The highest BCUT2D eigenvalue weighted by molar-refractivity contribution is 7.89. The SMILES string of the molecule is O=Cc1cccc(CS(=O)(=O)Cc2cccc(C=O)c2)c1. The zero-order chi connectivity index (χ0) is 15.3. The van der Waals surface area contributed by atoms with Gasteiger partial charge in [-0.25, -0.2) is 8.42 Å². The molecule has 0 amide bonds. The second-order valence-electron chi connectivity index (χ2n) is 4.76. The van der Waals surface area contributed by atoms with E-state index >= 15 is 0 Å². The lowest BCUT2D eigenvalue weighted by molar-refractivity contribution is 0.111. The molecular formula is C16H14O4S. The van der Waals surface area contributed by atoms with Crippen LogP contribution >= 0.6 is 0 Å². The van der Waals surface area contributed by atoms with Crippen molar-refractivity contribution in [2.45, 2.75) is 11.5 Å². The molecule has 0 atom stereocenters. The average molecular weight is 302 g/mol. The Morgan fingerprint density at radius 2 is 1.19 bits per heavy atom. The van der Waals surface area contributed by atoms with Crippen molar-refractivity contribution in [3.8, 4) is 0 Å². The Labute approximate surface area is 123 Å². The van der Waals surface area contributed by atoms with Crippen LogP contribution in [-0.2, 0) is 21.3 Å². The minimum absolute atomic E-state index is 0.139. The zero-order valence-corrected chi connectivity index (χ0v) is 12.0. The van der Waals surface area contributed by atoms with Gasteiger partial charge in [-0.15, -0.1) is 0 Å². The Morgan fingerprint density at radius 1 is 0.762 bits per heavy atom. The first kappa shape index (κ1) is 15.1. The fourth-order valence-electron chi connectivity index (χ4n) is 2.07. The van der Waals surface area contributed by atoms with Crippen molar-refractivity contribution in [3.63, 3.8) is 0 Å². The highest BCUT2D eigenvalue weighted by atomic mass is 32.2. The van der Waals surface area contributed by atoms with Crippen LogP contribution in [0, 0.1) is 0 Å². The second-order valence-corrected chi connectivity index (χ2v) is 6.82. The van der Waals surface area contributed by atoms with Crippen LogP contribution in [0.1, 0.15) is 31.8 Å². The number of sulfone groups is 1. The highest BCUT2D eigenvalue weighted by Gasteiger charge is 2.13. The van der Waals surface area contributed by atoms with Crippen LogP contribution in [0.25, 0.3) is 0 Å². The summed E-state index contributed by atoms with van der Waals surface area (Å²) in [6.07, 6.45) is 1.37. The third kappa shape index (κ3) is 4.36. The van der Waals surface area contributed by atoms with Gasteiger partial charge in [-0.3, -0.25) is 9.59 Å². The van der Waals surface area contributed by atoms with Gasteiger partial charge >= 0.3 is 0 Å². The molecule has 0 radical (unpaired) electrons.